The molecule has 3 rings (SSSR count). The highest BCUT2D eigenvalue weighted by Gasteiger charge is 2.06. The smallest absolute Gasteiger partial charge is 0.410 e. The van der Waals surface area contributed by atoms with E-state index < -0.39 is 6.09 Å². The van der Waals surface area contributed by atoms with Crippen LogP contribution in [-0.2, 0) is 6.54 Å². The molecule has 21 heavy (non-hydrogen) atoms. The van der Waals surface area contributed by atoms with Crippen molar-refractivity contribution in [2.45, 2.75) is 6.54 Å². The van der Waals surface area contributed by atoms with Gasteiger partial charge in [0.05, 0.1) is 5.52 Å². The van der Waals surface area contributed by atoms with Crippen molar-refractivity contribution >= 4 is 17.0 Å². The number of benzene rings is 2. The molecule has 4 heteroatoms. The van der Waals surface area contributed by atoms with Crippen LogP contribution in [0.1, 0.15) is 5.56 Å². The Balaban J connectivity index is 1.68. The van der Waals surface area contributed by atoms with Crippen molar-refractivity contribution in [1.29, 1.82) is 0 Å². The van der Waals surface area contributed by atoms with Crippen molar-refractivity contribution in [3.05, 3.63) is 72.4 Å². The first-order chi connectivity index (χ1) is 10.3. The Bertz CT molecular complexity index is 752. The highest BCUT2D eigenvalue weighted by Crippen LogP contribution is 2.16. The third kappa shape index (κ3) is 3.17. The fraction of sp³-hybridized carbons (Fsp3) is 0.0588. The summed E-state index contributed by atoms with van der Waals surface area (Å²) in [5, 5.41) is 3.78. The molecule has 0 radical (unpaired) electrons. The number of hydrogen-bond donors (Lipinski definition) is 1. The van der Waals surface area contributed by atoms with Gasteiger partial charge in [-0.05, 0) is 29.8 Å². The van der Waals surface area contributed by atoms with E-state index in [1.807, 2.05) is 48.5 Å². The van der Waals surface area contributed by atoms with Crippen LogP contribution in [0.2, 0.25) is 0 Å². The lowest BCUT2D eigenvalue weighted by Crippen LogP contribution is -2.26. The molecule has 0 fully saturated rings. The van der Waals surface area contributed by atoms with E-state index in [1.165, 1.54) is 0 Å². The number of aromatic nitrogens is 1. The molecule has 0 spiro atoms. The van der Waals surface area contributed by atoms with Gasteiger partial charge in [-0.3, -0.25) is 4.98 Å². The van der Waals surface area contributed by atoms with Gasteiger partial charge in [-0.1, -0.05) is 36.4 Å². The molecule has 0 bridgehead atoms. The maximum Gasteiger partial charge on any atom is 0.412 e. The van der Waals surface area contributed by atoms with Gasteiger partial charge in [0.2, 0.25) is 0 Å². The summed E-state index contributed by atoms with van der Waals surface area (Å²) in [5.74, 6) is 0.523. The van der Waals surface area contributed by atoms with Crippen LogP contribution >= 0.6 is 0 Å². The lowest BCUT2D eigenvalue weighted by atomic mass is 10.1. The zero-order valence-electron chi connectivity index (χ0n) is 11.3. The summed E-state index contributed by atoms with van der Waals surface area (Å²) in [6, 6.07) is 18.7. The molecule has 0 aliphatic heterocycles. The van der Waals surface area contributed by atoms with E-state index in [4.69, 9.17) is 4.74 Å². The number of para-hydroxylation sites is 2. The number of ether oxygens (including phenoxy) is 1. The molecule has 0 saturated heterocycles. The molecule has 104 valence electrons. The number of nitrogens with one attached hydrogen (secondary N) is 1. The molecule has 4 nitrogen and oxygen atoms in total. The van der Waals surface area contributed by atoms with Crippen LogP contribution < -0.4 is 10.1 Å². The molecule has 0 aliphatic carbocycles. The Morgan fingerprint density at radius 1 is 1.00 bits per heavy atom. The first-order valence-corrected chi connectivity index (χ1v) is 6.66. The minimum Gasteiger partial charge on any atom is -0.410 e. The van der Waals surface area contributed by atoms with Crippen molar-refractivity contribution in [3.8, 4) is 5.75 Å². The molecule has 3 aromatic rings. The number of pyridine rings is 1. The monoisotopic (exact) mass is 278 g/mol. The number of carbonyl (C=O) groups excluding carboxylic acids is 1. The number of fused-ring (bicyclic) bond motifs is 1. The number of rotatable bonds is 3. The Morgan fingerprint density at radius 3 is 2.62 bits per heavy atom. The maximum atomic E-state index is 11.8. The third-order valence-corrected chi connectivity index (χ3v) is 3.12. The third-order valence-electron chi connectivity index (χ3n) is 3.12. The maximum absolute atomic E-state index is 11.8. The fourth-order valence-electron chi connectivity index (χ4n) is 2.11. The van der Waals surface area contributed by atoms with E-state index in [0.717, 1.165) is 16.5 Å². The Morgan fingerprint density at radius 2 is 1.76 bits per heavy atom. The largest absolute Gasteiger partial charge is 0.412 e. The first-order valence-electron chi connectivity index (χ1n) is 6.66. The minimum absolute atomic E-state index is 0.398. The average molecular weight is 278 g/mol. The van der Waals surface area contributed by atoms with Gasteiger partial charge in [-0.15, -0.1) is 0 Å². The van der Waals surface area contributed by atoms with Crippen molar-refractivity contribution in [2.75, 3.05) is 0 Å². The number of hydrogen-bond acceptors (Lipinski definition) is 3. The lowest BCUT2D eigenvalue weighted by Gasteiger charge is -2.08. The van der Waals surface area contributed by atoms with Crippen LogP contribution in [0, 0.1) is 0 Å². The molecule has 1 heterocycles. The summed E-state index contributed by atoms with van der Waals surface area (Å²) in [4.78, 5) is 16.1. The molecule has 0 unspecified atom stereocenters. The van der Waals surface area contributed by atoms with Crippen LogP contribution in [0.3, 0.4) is 0 Å². The van der Waals surface area contributed by atoms with Gasteiger partial charge < -0.3 is 10.1 Å². The number of carbonyl (C=O) groups is 1. The molecule has 1 amide bonds. The molecule has 2 aromatic carbocycles. The van der Waals surface area contributed by atoms with Gasteiger partial charge in [0.25, 0.3) is 0 Å². The average Bonchev–Trinajstić information content (AvgIpc) is 2.54. The van der Waals surface area contributed by atoms with Crippen LogP contribution in [0.25, 0.3) is 10.9 Å². The standard InChI is InChI=1S/C17H14N2O2/c20-17(21-14-6-2-1-3-7-14)19-12-13-10-11-18-16-9-5-4-8-15(13)16/h1-11H,12H2,(H,19,20). The van der Waals surface area contributed by atoms with E-state index in [2.05, 4.69) is 10.3 Å². The van der Waals surface area contributed by atoms with Crippen LogP contribution in [0.4, 0.5) is 4.79 Å². The van der Waals surface area contributed by atoms with Crippen LogP contribution in [-0.4, -0.2) is 11.1 Å². The number of amides is 1. The zero-order valence-corrected chi connectivity index (χ0v) is 11.3. The summed E-state index contributed by atoms with van der Waals surface area (Å²) in [6.45, 7) is 0.398. The SMILES string of the molecule is O=C(NCc1ccnc2ccccc12)Oc1ccccc1. The summed E-state index contributed by atoms with van der Waals surface area (Å²) in [7, 11) is 0. The highest BCUT2D eigenvalue weighted by molar-refractivity contribution is 5.82. The Labute approximate surface area is 122 Å². The first kappa shape index (κ1) is 13.1. The van der Waals surface area contributed by atoms with Gasteiger partial charge in [-0.25, -0.2) is 4.79 Å². The van der Waals surface area contributed by atoms with E-state index in [-0.39, 0.29) is 0 Å². The van der Waals surface area contributed by atoms with E-state index >= 15 is 0 Å². The van der Waals surface area contributed by atoms with Crippen LogP contribution in [0.5, 0.6) is 5.75 Å². The quantitative estimate of drug-likeness (QED) is 0.797. The van der Waals surface area contributed by atoms with Gasteiger partial charge >= 0.3 is 6.09 Å². The summed E-state index contributed by atoms with van der Waals surface area (Å²) < 4.78 is 5.18. The molecular formula is C17H14N2O2. The normalized spacial score (nSPS) is 10.3. The predicted octanol–water partition coefficient (Wildman–Crippen LogP) is 3.52. The topological polar surface area (TPSA) is 51.2 Å². The molecule has 1 aromatic heterocycles. The van der Waals surface area contributed by atoms with Crippen molar-refractivity contribution in [3.63, 3.8) is 0 Å². The fourth-order valence-corrected chi connectivity index (χ4v) is 2.11. The Kier molecular flexibility index (Phi) is 3.78. The van der Waals surface area contributed by atoms with Crippen LogP contribution in [0.15, 0.2) is 66.9 Å². The predicted molar refractivity (Wildman–Crippen MR) is 81.0 cm³/mol. The molecule has 0 aliphatic rings. The highest BCUT2D eigenvalue weighted by atomic mass is 16.5. The molecule has 1 N–H and O–H groups in total. The van der Waals surface area contributed by atoms with Gasteiger partial charge in [-0.2, -0.15) is 0 Å². The van der Waals surface area contributed by atoms with Crippen molar-refractivity contribution in [2.24, 2.45) is 0 Å². The van der Waals surface area contributed by atoms with Gasteiger partial charge in [0.15, 0.2) is 0 Å². The summed E-state index contributed by atoms with van der Waals surface area (Å²) in [6.07, 6.45) is 1.27. The summed E-state index contributed by atoms with van der Waals surface area (Å²) in [5.41, 5.74) is 1.92. The molecule has 0 saturated carbocycles. The number of nitrogens with zero attached hydrogens (tertiary/aromatic N) is 1. The van der Waals surface area contributed by atoms with Crippen molar-refractivity contribution < 1.29 is 9.53 Å². The molecular weight excluding hydrogens is 264 g/mol. The van der Waals surface area contributed by atoms with Gasteiger partial charge in [0, 0.05) is 18.1 Å². The second-order valence-corrected chi connectivity index (χ2v) is 4.54. The van der Waals surface area contributed by atoms with E-state index in [9.17, 15) is 4.79 Å². The Hall–Kier alpha value is -2.88. The minimum atomic E-state index is -0.470. The van der Waals surface area contributed by atoms with E-state index in [1.54, 1.807) is 18.3 Å². The second kappa shape index (κ2) is 6.05. The zero-order chi connectivity index (χ0) is 14.5. The summed E-state index contributed by atoms with van der Waals surface area (Å²) >= 11 is 0. The lowest BCUT2D eigenvalue weighted by molar-refractivity contribution is 0.200. The molecule has 0 atom stereocenters. The van der Waals surface area contributed by atoms with E-state index in [0.29, 0.717) is 12.3 Å². The second-order valence-electron chi connectivity index (χ2n) is 4.54. The van der Waals surface area contributed by atoms with Crippen molar-refractivity contribution in [1.82, 2.24) is 10.3 Å². The van der Waals surface area contributed by atoms with Gasteiger partial charge in [0.1, 0.15) is 5.75 Å².